The molecule has 0 unspecified atom stereocenters. The molecule has 0 amide bonds. The Hall–Kier alpha value is -1.43. The number of carbonyl (C=O) groups excluding carboxylic acids is 1. The van der Waals surface area contributed by atoms with Crippen molar-refractivity contribution < 1.29 is 14.7 Å². The van der Waals surface area contributed by atoms with E-state index in [2.05, 4.69) is 10.3 Å². The van der Waals surface area contributed by atoms with E-state index in [0.717, 1.165) is 24.2 Å². The Morgan fingerprint density at radius 2 is 1.89 bits per heavy atom. The van der Waals surface area contributed by atoms with E-state index in [4.69, 9.17) is 5.11 Å². The number of hydrogen-bond donors (Lipinski definition) is 2. The van der Waals surface area contributed by atoms with E-state index < -0.39 is 5.97 Å². The van der Waals surface area contributed by atoms with Gasteiger partial charge in [-0.15, -0.1) is 0 Å². The van der Waals surface area contributed by atoms with Crippen LogP contribution in [-0.2, 0) is 0 Å². The van der Waals surface area contributed by atoms with Crippen LogP contribution in [-0.4, -0.2) is 27.9 Å². The largest absolute Gasteiger partial charge is 0.476 e. The number of carbonyl (C=O) groups is 2. The van der Waals surface area contributed by atoms with Crippen LogP contribution in [0.2, 0.25) is 0 Å². The van der Waals surface area contributed by atoms with Gasteiger partial charge in [-0.3, -0.25) is 4.79 Å². The van der Waals surface area contributed by atoms with Gasteiger partial charge >= 0.3 is 5.97 Å². The van der Waals surface area contributed by atoms with Crippen LogP contribution in [0.3, 0.4) is 0 Å². The second-order valence-corrected chi connectivity index (χ2v) is 5.89. The van der Waals surface area contributed by atoms with E-state index in [9.17, 15) is 9.59 Å². The summed E-state index contributed by atoms with van der Waals surface area (Å²) >= 11 is 1.14. The van der Waals surface area contributed by atoms with Gasteiger partial charge in [-0.1, -0.05) is 37.0 Å². The fourth-order valence-corrected chi connectivity index (χ4v) is 3.29. The Morgan fingerprint density at radius 1 is 1.26 bits per heavy atom. The standard InChI is InChI=1S/C13H18N2O3S/c1-8(16)11-10(12(17)18)15-13(19-11)14-9-6-4-2-3-5-7-9/h9H,2-7H2,1H3,(H,14,15)(H,17,18). The van der Waals surface area contributed by atoms with E-state index >= 15 is 0 Å². The Kier molecular flexibility index (Phi) is 4.52. The normalized spacial score (nSPS) is 16.9. The van der Waals surface area contributed by atoms with E-state index in [1.807, 2.05) is 0 Å². The van der Waals surface area contributed by atoms with Crippen molar-refractivity contribution in [3.05, 3.63) is 10.6 Å². The number of nitrogens with one attached hydrogen (secondary N) is 1. The molecule has 1 saturated carbocycles. The third-order valence-electron chi connectivity index (χ3n) is 3.33. The lowest BCUT2D eigenvalue weighted by molar-refractivity contribution is 0.0687. The molecule has 1 fully saturated rings. The third kappa shape index (κ3) is 3.53. The fourth-order valence-electron chi connectivity index (χ4n) is 2.36. The number of Topliss-reactive ketones (excluding diaryl/α,β-unsaturated/α-hetero) is 1. The first-order chi connectivity index (χ1) is 9.08. The summed E-state index contributed by atoms with van der Waals surface area (Å²) in [7, 11) is 0. The van der Waals surface area contributed by atoms with Gasteiger partial charge in [0.2, 0.25) is 0 Å². The SMILES string of the molecule is CC(=O)c1sc(NC2CCCCCC2)nc1C(=O)O. The molecule has 0 atom stereocenters. The van der Waals surface area contributed by atoms with Gasteiger partial charge in [-0.05, 0) is 12.8 Å². The van der Waals surface area contributed by atoms with Gasteiger partial charge < -0.3 is 10.4 Å². The van der Waals surface area contributed by atoms with Gasteiger partial charge in [0.05, 0.1) is 0 Å². The summed E-state index contributed by atoms with van der Waals surface area (Å²) in [4.78, 5) is 26.7. The topological polar surface area (TPSA) is 79.3 Å². The van der Waals surface area contributed by atoms with E-state index in [1.54, 1.807) is 0 Å². The van der Waals surface area contributed by atoms with Gasteiger partial charge in [0.25, 0.3) is 0 Å². The summed E-state index contributed by atoms with van der Waals surface area (Å²) in [6.45, 7) is 1.37. The van der Waals surface area contributed by atoms with Crippen LogP contribution in [0.1, 0.15) is 65.6 Å². The van der Waals surface area contributed by atoms with Crippen molar-refractivity contribution >= 4 is 28.2 Å². The number of nitrogens with zero attached hydrogens (tertiary/aromatic N) is 1. The number of thiazole rings is 1. The maximum Gasteiger partial charge on any atom is 0.356 e. The average Bonchev–Trinajstić information content (AvgIpc) is 2.60. The van der Waals surface area contributed by atoms with E-state index in [1.165, 1.54) is 32.6 Å². The predicted octanol–water partition coefficient (Wildman–Crippen LogP) is 3.18. The maximum absolute atomic E-state index is 11.4. The number of rotatable bonds is 4. The van der Waals surface area contributed by atoms with Crippen molar-refractivity contribution in [2.24, 2.45) is 0 Å². The van der Waals surface area contributed by atoms with Gasteiger partial charge in [-0.2, -0.15) is 0 Å². The molecule has 0 radical (unpaired) electrons. The Bertz CT molecular complexity index is 445. The molecule has 5 nitrogen and oxygen atoms in total. The van der Waals surface area contributed by atoms with Crippen LogP contribution in [0.5, 0.6) is 0 Å². The first-order valence-corrected chi connectivity index (χ1v) is 7.41. The van der Waals surface area contributed by atoms with Crippen LogP contribution in [0.25, 0.3) is 0 Å². The average molecular weight is 282 g/mol. The van der Waals surface area contributed by atoms with Crippen molar-refractivity contribution in [1.29, 1.82) is 0 Å². The van der Waals surface area contributed by atoms with Crippen molar-refractivity contribution in [2.75, 3.05) is 5.32 Å². The number of aromatic nitrogens is 1. The van der Waals surface area contributed by atoms with E-state index in [0.29, 0.717) is 11.2 Å². The highest BCUT2D eigenvalue weighted by Crippen LogP contribution is 2.27. The molecule has 19 heavy (non-hydrogen) atoms. The van der Waals surface area contributed by atoms with Crippen molar-refractivity contribution in [3.8, 4) is 0 Å². The van der Waals surface area contributed by atoms with Crippen molar-refractivity contribution in [1.82, 2.24) is 4.98 Å². The zero-order chi connectivity index (χ0) is 13.8. The Balaban J connectivity index is 2.13. The molecular formula is C13H18N2O3S. The monoisotopic (exact) mass is 282 g/mol. The van der Waals surface area contributed by atoms with Crippen molar-refractivity contribution in [3.63, 3.8) is 0 Å². The van der Waals surface area contributed by atoms with Crippen LogP contribution >= 0.6 is 11.3 Å². The second kappa shape index (κ2) is 6.14. The molecule has 1 aliphatic rings. The Morgan fingerprint density at radius 3 is 2.37 bits per heavy atom. The molecule has 6 heteroatoms. The highest BCUT2D eigenvalue weighted by Gasteiger charge is 2.22. The molecule has 0 spiro atoms. The van der Waals surface area contributed by atoms with Gasteiger partial charge in [-0.25, -0.2) is 9.78 Å². The highest BCUT2D eigenvalue weighted by molar-refractivity contribution is 7.17. The summed E-state index contributed by atoms with van der Waals surface area (Å²) in [5, 5.41) is 12.9. The Labute approximate surface area is 116 Å². The van der Waals surface area contributed by atoms with Gasteiger partial charge in [0.15, 0.2) is 16.6 Å². The maximum atomic E-state index is 11.4. The number of anilines is 1. The number of carboxylic acids is 1. The number of ketones is 1. The lowest BCUT2D eigenvalue weighted by atomic mass is 10.1. The molecular weight excluding hydrogens is 264 g/mol. The minimum absolute atomic E-state index is 0.131. The van der Waals surface area contributed by atoms with E-state index in [-0.39, 0.29) is 16.4 Å². The second-order valence-electron chi connectivity index (χ2n) is 4.89. The highest BCUT2D eigenvalue weighted by atomic mass is 32.1. The molecule has 104 valence electrons. The number of hydrogen-bond acceptors (Lipinski definition) is 5. The zero-order valence-electron chi connectivity index (χ0n) is 10.9. The quantitative estimate of drug-likeness (QED) is 0.655. The van der Waals surface area contributed by atoms with Crippen LogP contribution < -0.4 is 5.32 Å². The molecule has 0 bridgehead atoms. The summed E-state index contributed by atoms with van der Waals surface area (Å²) in [6.07, 6.45) is 7.06. The number of carboxylic acid groups (broad SMARTS) is 1. The smallest absolute Gasteiger partial charge is 0.356 e. The molecule has 2 rings (SSSR count). The molecule has 2 N–H and O–H groups in total. The summed E-state index contributed by atoms with van der Waals surface area (Å²) in [5.41, 5.74) is -0.131. The minimum Gasteiger partial charge on any atom is -0.476 e. The minimum atomic E-state index is -1.14. The zero-order valence-corrected chi connectivity index (χ0v) is 11.8. The van der Waals surface area contributed by atoms with Crippen LogP contribution in [0.15, 0.2) is 0 Å². The molecule has 0 aliphatic heterocycles. The molecule has 0 saturated heterocycles. The lowest BCUT2D eigenvalue weighted by Gasteiger charge is -2.14. The summed E-state index contributed by atoms with van der Waals surface area (Å²) in [6, 6.07) is 0.343. The first-order valence-electron chi connectivity index (χ1n) is 6.59. The molecule has 1 heterocycles. The summed E-state index contributed by atoms with van der Waals surface area (Å²) in [5.74, 6) is -1.39. The molecule has 1 aliphatic carbocycles. The summed E-state index contributed by atoms with van der Waals surface area (Å²) < 4.78 is 0. The molecule has 1 aromatic rings. The number of aromatic carboxylic acids is 1. The predicted molar refractivity (Wildman–Crippen MR) is 74.2 cm³/mol. The van der Waals surface area contributed by atoms with Crippen LogP contribution in [0, 0.1) is 0 Å². The third-order valence-corrected chi connectivity index (χ3v) is 4.42. The lowest BCUT2D eigenvalue weighted by Crippen LogP contribution is -2.18. The fraction of sp³-hybridized carbons (Fsp3) is 0.615. The van der Waals surface area contributed by atoms with Crippen molar-refractivity contribution in [2.45, 2.75) is 51.5 Å². The first kappa shape index (κ1) is 14.0. The molecule has 0 aromatic carbocycles. The van der Waals surface area contributed by atoms with Gasteiger partial charge in [0, 0.05) is 13.0 Å². The molecule has 1 aromatic heterocycles. The van der Waals surface area contributed by atoms with Gasteiger partial charge in [0.1, 0.15) is 4.88 Å². The van der Waals surface area contributed by atoms with Crippen LogP contribution in [0.4, 0.5) is 5.13 Å².